The third-order valence-electron chi connectivity index (χ3n) is 3.64. The molecule has 0 fully saturated rings. The molecule has 24 heavy (non-hydrogen) atoms. The maximum Gasteiger partial charge on any atom is 0.434 e. The molecular weight excluding hydrogens is 339 g/mol. The van der Waals surface area contributed by atoms with Gasteiger partial charge in [-0.15, -0.1) is 11.3 Å². The molecule has 1 N–H and O–H groups in total. The van der Waals surface area contributed by atoms with Gasteiger partial charge in [0.25, 0.3) is 0 Å². The zero-order chi connectivity index (χ0) is 17.3. The minimum atomic E-state index is -4.43. The minimum Gasteiger partial charge on any atom is -0.360 e. The van der Waals surface area contributed by atoms with Crippen LogP contribution in [0.1, 0.15) is 35.4 Å². The first kappa shape index (κ1) is 16.5. The maximum absolute atomic E-state index is 12.6. The molecule has 126 valence electrons. The Balaban J connectivity index is 1.73. The molecular formula is C16H14F3N3OS. The summed E-state index contributed by atoms with van der Waals surface area (Å²) >= 11 is 0.916. The smallest absolute Gasteiger partial charge is 0.360 e. The van der Waals surface area contributed by atoms with Gasteiger partial charge in [-0.3, -0.25) is 0 Å². The Kier molecular flexibility index (Phi) is 4.31. The molecule has 0 aliphatic heterocycles. The average molecular weight is 353 g/mol. The highest BCUT2D eigenvalue weighted by Gasteiger charge is 2.33. The van der Waals surface area contributed by atoms with Crippen LogP contribution in [-0.4, -0.2) is 10.1 Å². The van der Waals surface area contributed by atoms with E-state index < -0.39 is 11.9 Å². The van der Waals surface area contributed by atoms with Crippen molar-refractivity contribution < 1.29 is 17.7 Å². The van der Waals surface area contributed by atoms with Crippen LogP contribution in [0.15, 0.2) is 40.4 Å². The molecule has 0 unspecified atom stereocenters. The van der Waals surface area contributed by atoms with Gasteiger partial charge in [-0.25, -0.2) is 4.98 Å². The van der Waals surface area contributed by atoms with Crippen molar-refractivity contribution in [1.82, 2.24) is 10.1 Å². The van der Waals surface area contributed by atoms with Gasteiger partial charge in [-0.05, 0) is 24.6 Å². The van der Waals surface area contributed by atoms with Crippen molar-refractivity contribution in [3.05, 3.63) is 58.4 Å². The summed E-state index contributed by atoms with van der Waals surface area (Å²) < 4.78 is 42.9. The van der Waals surface area contributed by atoms with Gasteiger partial charge in [0, 0.05) is 22.5 Å². The lowest BCUT2D eigenvalue weighted by molar-refractivity contribution is -0.140. The Labute approximate surface area is 140 Å². The Hall–Kier alpha value is -2.35. The van der Waals surface area contributed by atoms with Crippen molar-refractivity contribution in [3.8, 4) is 0 Å². The Morgan fingerprint density at radius 1 is 1.21 bits per heavy atom. The first-order valence-corrected chi connectivity index (χ1v) is 8.03. The van der Waals surface area contributed by atoms with E-state index in [1.54, 1.807) is 18.3 Å². The number of aromatic nitrogens is 2. The largest absolute Gasteiger partial charge is 0.434 e. The highest BCUT2D eigenvalue weighted by atomic mass is 32.1. The number of benzene rings is 1. The normalized spacial score (nSPS) is 13.0. The molecule has 4 nitrogen and oxygen atoms in total. The number of aryl methyl sites for hydroxylation is 1. The van der Waals surface area contributed by atoms with E-state index in [4.69, 9.17) is 4.52 Å². The summed E-state index contributed by atoms with van der Waals surface area (Å²) in [5.41, 5.74) is 1.78. The zero-order valence-electron chi connectivity index (χ0n) is 12.9. The van der Waals surface area contributed by atoms with Crippen molar-refractivity contribution in [3.63, 3.8) is 0 Å². The van der Waals surface area contributed by atoms with Gasteiger partial charge in [-0.2, -0.15) is 13.2 Å². The minimum absolute atomic E-state index is 0.0400. The van der Waals surface area contributed by atoms with Gasteiger partial charge in [0.05, 0.1) is 6.20 Å². The van der Waals surface area contributed by atoms with Crippen LogP contribution in [0.3, 0.4) is 0 Å². The molecule has 0 amide bonds. The van der Waals surface area contributed by atoms with Crippen LogP contribution < -0.4 is 5.32 Å². The van der Waals surface area contributed by atoms with E-state index in [-0.39, 0.29) is 11.0 Å². The number of halogens is 3. The second-order valence-corrected chi connectivity index (χ2v) is 6.24. The predicted octanol–water partition coefficient (Wildman–Crippen LogP) is 5.35. The lowest BCUT2D eigenvalue weighted by Crippen LogP contribution is -2.05. The van der Waals surface area contributed by atoms with Crippen LogP contribution in [0.2, 0.25) is 0 Å². The van der Waals surface area contributed by atoms with Crippen LogP contribution >= 0.6 is 11.3 Å². The van der Waals surface area contributed by atoms with Crippen molar-refractivity contribution in [1.29, 1.82) is 0 Å². The number of rotatable bonds is 4. The van der Waals surface area contributed by atoms with Gasteiger partial charge >= 0.3 is 6.18 Å². The van der Waals surface area contributed by atoms with Gasteiger partial charge < -0.3 is 9.84 Å². The second kappa shape index (κ2) is 6.27. The van der Waals surface area contributed by atoms with Crippen LogP contribution in [0.25, 0.3) is 0 Å². The molecule has 0 aliphatic carbocycles. The van der Waals surface area contributed by atoms with E-state index >= 15 is 0 Å². The maximum atomic E-state index is 12.6. The van der Waals surface area contributed by atoms with E-state index in [9.17, 15) is 13.2 Å². The number of hydrogen-bond donors (Lipinski definition) is 1. The fourth-order valence-electron chi connectivity index (χ4n) is 2.31. The number of alkyl halides is 3. The first-order valence-electron chi connectivity index (χ1n) is 7.15. The fourth-order valence-corrected chi connectivity index (χ4v) is 3.05. The lowest BCUT2D eigenvalue weighted by atomic mass is 9.96. The summed E-state index contributed by atoms with van der Waals surface area (Å²) in [6.07, 6.45) is -2.76. The van der Waals surface area contributed by atoms with Crippen molar-refractivity contribution >= 4 is 22.2 Å². The van der Waals surface area contributed by atoms with Gasteiger partial charge in [0.1, 0.15) is 5.76 Å². The summed E-state index contributed by atoms with van der Waals surface area (Å²) in [7, 11) is 0. The summed E-state index contributed by atoms with van der Waals surface area (Å²) in [6, 6.07) is 7.39. The van der Waals surface area contributed by atoms with Gasteiger partial charge in [0.15, 0.2) is 10.8 Å². The quantitative estimate of drug-likeness (QED) is 0.686. The fraction of sp³-hybridized carbons (Fsp3) is 0.250. The van der Waals surface area contributed by atoms with E-state index in [0.29, 0.717) is 5.69 Å². The average Bonchev–Trinajstić information content (AvgIpc) is 3.16. The van der Waals surface area contributed by atoms with Crippen LogP contribution in [0.4, 0.5) is 24.0 Å². The van der Waals surface area contributed by atoms with Crippen LogP contribution in [0.5, 0.6) is 0 Å². The van der Waals surface area contributed by atoms with Crippen LogP contribution in [0, 0.1) is 6.92 Å². The van der Waals surface area contributed by atoms with E-state index in [2.05, 4.69) is 15.5 Å². The lowest BCUT2D eigenvalue weighted by Gasteiger charge is -2.10. The van der Waals surface area contributed by atoms with Gasteiger partial charge in [-0.1, -0.05) is 24.2 Å². The SMILES string of the molecule is Cc1cnoc1[C@H](C)c1ccc(Nc2nc(C(F)(F)F)cs2)cc1. The topological polar surface area (TPSA) is 51.0 Å². The number of anilines is 2. The highest BCUT2D eigenvalue weighted by molar-refractivity contribution is 7.13. The van der Waals surface area contributed by atoms with E-state index in [1.165, 1.54) is 0 Å². The second-order valence-electron chi connectivity index (χ2n) is 5.38. The standard InChI is InChI=1S/C16H14F3N3OS/c1-9-7-20-23-14(9)10(2)11-3-5-12(6-4-11)21-15-22-13(8-24-15)16(17,18)19/h3-8,10H,1-2H3,(H,21,22)/t10-/m1/s1. The first-order chi connectivity index (χ1) is 11.3. The molecule has 2 aromatic heterocycles. The summed E-state index contributed by atoms with van der Waals surface area (Å²) in [5.74, 6) is 0.837. The van der Waals surface area contributed by atoms with Crippen molar-refractivity contribution in [2.45, 2.75) is 25.9 Å². The molecule has 0 saturated heterocycles. The Morgan fingerprint density at radius 3 is 2.46 bits per heavy atom. The molecule has 8 heteroatoms. The Bertz CT molecular complexity index is 824. The van der Waals surface area contributed by atoms with E-state index in [0.717, 1.165) is 33.6 Å². The predicted molar refractivity (Wildman–Crippen MR) is 85.6 cm³/mol. The molecule has 0 saturated carbocycles. The molecule has 1 aromatic carbocycles. The molecule has 3 rings (SSSR count). The zero-order valence-corrected chi connectivity index (χ0v) is 13.7. The molecule has 0 radical (unpaired) electrons. The highest BCUT2D eigenvalue weighted by Crippen LogP contribution is 2.33. The van der Waals surface area contributed by atoms with Crippen LogP contribution in [-0.2, 0) is 6.18 Å². The molecule has 0 aliphatic rings. The number of nitrogens with zero attached hydrogens (tertiary/aromatic N) is 2. The molecule has 0 spiro atoms. The van der Waals surface area contributed by atoms with E-state index in [1.807, 2.05) is 26.0 Å². The summed E-state index contributed by atoms with van der Waals surface area (Å²) in [6.45, 7) is 3.94. The van der Waals surface area contributed by atoms with Gasteiger partial charge in [0.2, 0.25) is 0 Å². The summed E-state index contributed by atoms with van der Waals surface area (Å²) in [5, 5.41) is 7.85. The summed E-state index contributed by atoms with van der Waals surface area (Å²) in [4.78, 5) is 3.55. The monoisotopic (exact) mass is 353 g/mol. The Morgan fingerprint density at radius 2 is 1.92 bits per heavy atom. The number of thiazole rings is 1. The molecule has 0 bridgehead atoms. The molecule has 2 heterocycles. The third-order valence-corrected chi connectivity index (χ3v) is 4.39. The third kappa shape index (κ3) is 3.43. The van der Waals surface area contributed by atoms with Crippen molar-refractivity contribution in [2.24, 2.45) is 0 Å². The number of nitrogens with one attached hydrogen (secondary N) is 1. The molecule has 1 atom stereocenters. The number of hydrogen-bond acceptors (Lipinski definition) is 5. The molecule has 3 aromatic rings. The van der Waals surface area contributed by atoms with Crippen molar-refractivity contribution in [2.75, 3.05) is 5.32 Å².